The number of halogens is 1. The molecule has 0 unspecified atom stereocenters. The molecule has 0 saturated heterocycles. The van der Waals surface area contributed by atoms with E-state index in [-0.39, 0.29) is 22.3 Å². The fraction of sp³-hybridized carbons (Fsp3) is 0.188. The lowest BCUT2D eigenvalue weighted by molar-refractivity contribution is -0.136. The highest BCUT2D eigenvalue weighted by atomic mass is 35.5. The van der Waals surface area contributed by atoms with Gasteiger partial charge < -0.3 is 19.9 Å². The molecular weight excluding hydrogens is 338 g/mol. The maximum atomic E-state index is 11.2. The maximum absolute atomic E-state index is 11.2. The monoisotopic (exact) mass is 351 g/mol. The summed E-state index contributed by atoms with van der Waals surface area (Å²) in [6, 6.07) is 4.82. The number of benzene rings is 1. The van der Waals surface area contributed by atoms with E-state index in [1.165, 1.54) is 17.4 Å². The van der Waals surface area contributed by atoms with Crippen LogP contribution < -0.4 is 0 Å². The predicted molar refractivity (Wildman–Crippen MR) is 89.8 cm³/mol. The minimum Gasteiger partial charge on any atom is -0.506 e. The lowest BCUT2D eigenvalue weighted by atomic mass is 10.1. The first-order chi connectivity index (χ1) is 10.9. The molecule has 0 aliphatic rings. The second-order valence-electron chi connectivity index (χ2n) is 5.33. The van der Waals surface area contributed by atoms with Gasteiger partial charge in [0.25, 0.3) is 0 Å². The van der Waals surface area contributed by atoms with Crippen molar-refractivity contribution >= 4 is 39.8 Å². The maximum Gasteiger partial charge on any atom is 0.307 e. The number of aromatic hydroxyl groups is 2. The van der Waals surface area contributed by atoms with Crippen LogP contribution in [0.5, 0.6) is 10.8 Å². The normalized spacial score (nSPS) is 11.2. The van der Waals surface area contributed by atoms with E-state index in [2.05, 4.69) is 0 Å². The van der Waals surface area contributed by atoms with E-state index in [1.54, 1.807) is 12.1 Å². The van der Waals surface area contributed by atoms with Gasteiger partial charge in [-0.15, -0.1) is 11.3 Å². The first kappa shape index (κ1) is 15.7. The van der Waals surface area contributed by atoms with Crippen molar-refractivity contribution in [3.05, 3.63) is 45.4 Å². The molecule has 0 radical (unpaired) electrons. The summed E-state index contributed by atoms with van der Waals surface area (Å²) in [5, 5.41) is 31.5. The highest BCUT2D eigenvalue weighted by Crippen LogP contribution is 2.35. The summed E-state index contributed by atoms with van der Waals surface area (Å²) >= 11 is 7.26. The fourth-order valence-electron chi connectivity index (χ4n) is 2.76. The Morgan fingerprint density at radius 3 is 2.65 bits per heavy atom. The smallest absolute Gasteiger partial charge is 0.307 e. The van der Waals surface area contributed by atoms with Crippen molar-refractivity contribution in [1.82, 2.24) is 4.57 Å². The van der Waals surface area contributed by atoms with Crippen LogP contribution in [0.25, 0.3) is 10.9 Å². The molecule has 0 atom stereocenters. The van der Waals surface area contributed by atoms with Gasteiger partial charge in [0.2, 0.25) is 0 Å². The average Bonchev–Trinajstić information content (AvgIpc) is 2.98. The third-order valence-corrected chi connectivity index (χ3v) is 4.91. The molecule has 0 spiro atoms. The molecule has 2 heterocycles. The zero-order valence-electron chi connectivity index (χ0n) is 12.2. The molecule has 2 aromatic heterocycles. The number of nitrogens with zero attached hydrogens (tertiary/aromatic N) is 1. The van der Waals surface area contributed by atoms with Crippen LogP contribution in [0.1, 0.15) is 16.8 Å². The molecule has 0 amide bonds. The third kappa shape index (κ3) is 2.87. The van der Waals surface area contributed by atoms with E-state index >= 15 is 0 Å². The molecular formula is C16H14ClNO4S. The van der Waals surface area contributed by atoms with Crippen molar-refractivity contribution in [1.29, 1.82) is 0 Å². The number of thiophene rings is 1. The van der Waals surface area contributed by atoms with Crippen LogP contribution in [-0.2, 0) is 17.8 Å². The number of phenols is 1. The second-order valence-corrected chi connectivity index (χ2v) is 6.63. The molecule has 120 valence electrons. The van der Waals surface area contributed by atoms with Gasteiger partial charge in [0.1, 0.15) is 5.75 Å². The Kier molecular flexibility index (Phi) is 3.95. The number of fused-ring (bicyclic) bond motifs is 1. The lowest BCUT2D eigenvalue weighted by Crippen LogP contribution is -2.04. The molecule has 0 saturated carbocycles. The van der Waals surface area contributed by atoms with Gasteiger partial charge >= 0.3 is 5.97 Å². The predicted octanol–water partition coefficient (Wildman–Crippen LogP) is 3.75. The zero-order valence-corrected chi connectivity index (χ0v) is 13.8. The minimum atomic E-state index is -0.935. The van der Waals surface area contributed by atoms with Gasteiger partial charge in [0.15, 0.2) is 5.06 Å². The van der Waals surface area contributed by atoms with Crippen molar-refractivity contribution in [3.8, 4) is 10.8 Å². The van der Waals surface area contributed by atoms with Crippen molar-refractivity contribution in [2.45, 2.75) is 19.9 Å². The first-order valence-electron chi connectivity index (χ1n) is 6.85. The highest BCUT2D eigenvalue weighted by molar-refractivity contribution is 7.11. The number of hydrogen-bond acceptors (Lipinski definition) is 4. The Hall–Kier alpha value is -2.18. The van der Waals surface area contributed by atoms with Gasteiger partial charge in [-0.25, -0.2) is 0 Å². The van der Waals surface area contributed by atoms with Crippen molar-refractivity contribution in [2.75, 3.05) is 0 Å². The van der Waals surface area contributed by atoms with E-state index in [0.29, 0.717) is 17.5 Å². The molecule has 3 rings (SSSR count). The van der Waals surface area contributed by atoms with Gasteiger partial charge in [-0.05, 0) is 41.6 Å². The Bertz CT molecular complexity index is 913. The van der Waals surface area contributed by atoms with Crippen LogP contribution in [0.2, 0.25) is 5.02 Å². The average molecular weight is 352 g/mol. The number of carboxylic acids is 1. The standard InChI is InChI=1S/C16H14ClNO4S/c1-8-10(4-15(20)21)11-3-14(19)12(17)5-13(11)18(8)6-9-2-16(22)23-7-9/h2-3,5,7,19,22H,4,6H2,1H3,(H,20,21). The summed E-state index contributed by atoms with van der Waals surface area (Å²) in [7, 11) is 0. The molecule has 0 bridgehead atoms. The van der Waals surface area contributed by atoms with Crippen LogP contribution in [-0.4, -0.2) is 25.9 Å². The largest absolute Gasteiger partial charge is 0.506 e. The number of carbonyl (C=O) groups is 1. The SMILES string of the molecule is Cc1c(CC(=O)O)c2cc(O)c(Cl)cc2n1Cc1csc(O)c1. The van der Waals surface area contributed by atoms with Gasteiger partial charge in [0.05, 0.1) is 17.0 Å². The quantitative estimate of drug-likeness (QED) is 0.668. The number of phenolic OH excluding ortho intramolecular Hbond substituents is 1. The van der Waals surface area contributed by atoms with E-state index in [1.807, 2.05) is 16.9 Å². The molecule has 23 heavy (non-hydrogen) atoms. The van der Waals surface area contributed by atoms with E-state index in [4.69, 9.17) is 16.7 Å². The molecule has 5 nitrogen and oxygen atoms in total. The Morgan fingerprint density at radius 2 is 2.04 bits per heavy atom. The van der Waals surface area contributed by atoms with Crippen molar-refractivity contribution in [3.63, 3.8) is 0 Å². The summed E-state index contributed by atoms with van der Waals surface area (Å²) in [6.07, 6.45) is -0.134. The second kappa shape index (κ2) is 5.79. The molecule has 1 aromatic carbocycles. The highest BCUT2D eigenvalue weighted by Gasteiger charge is 2.18. The summed E-state index contributed by atoms with van der Waals surface area (Å²) in [4.78, 5) is 11.2. The summed E-state index contributed by atoms with van der Waals surface area (Å²) in [5.74, 6) is -1.01. The summed E-state index contributed by atoms with van der Waals surface area (Å²) in [5.41, 5.74) is 3.12. The van der Waals surface area contributed by atoms with Crippen LogP contribution in [0.4, 0.5) is 0 Å². The number of aromatic nitrogens is 1. The molecule has 3 aromatic rings. The fourth-order valence-corrected chi connectivity index (χ4v) is 3.55. The number of carboxylic acid groups (broad SMARTS) is 1. The van der Waals surface area contributed by atoms with E-state index in [0.717, 1.165) is 16.8 Å². The summed E-state index contributed by atoms with van der Waals surface area (Å²) in [6.45, 7) is 2.33. The zero-order chi connectivity index (χ0) is 16.7. The van der Waals surface area contributed by atoms with E-state index < -0.39 is 5.97 Å². The van der Waals surface area contributed by atoms with Gasteiger partial charge in [0, 0.05) is 17.6 Å². The topological polar surface area (TPSA) is 82.7 Å². The van der Waals surface area contributed by atoms with Crippen LogP contribution in [0.3, 0.4) is 0 Å². The van der Waals surface area contributed by atoms with Crippen LogP contribution >= 0.6 is 22.9 Å². The van der Waals surface area contributed by atoms with Crippen LogP contribution in [0.15, 0.2) is 23.6 Å². The minimum absolute atomic E-state index is 0.0730. The first-order valence-corrected chi connectivity index (χ1v) is 8.11. The molecule has 3 N–H and O–H groups in total. The van der Waals surface area contributed by atoms with Crippen LogP contribution in [0, 0.1) is 6.92 Å². The number of hydrogen-bond donors (Lipinski definition) is 3. The molecule has 0 aliphatic carbocycles. The number of rotatable bonds is 4. The Morgan fingerprint density at radius 1 is 1.30 bits per heavy atom. The van der Waals surface area contributed by atoms with Gasteiger partial charge in [-0.2, -0.15) is 0 Å². The molecule has 0 fully saturated rings. The lowest BCUT2D eigenvalue weighted by Gasteiger charge is -2.08. The molecule has 0 aliphatic heterocycles. The van der Waals surface area contributed by atoms with Crippen molar-refractivity contribution < 1.29 is 20.1 Å². The summed E-state index contributed by atoms with van der Waals surface area (Å²) < 4.78 is 1.94. The Labute approximate surface area is 141 Å². The third-order valence-electron chi connectivity index (χ3n) is 3.83. The van der Waals surface area contributed by atoms with Crippen molar-refractivity contribution in [2.24, 2.45) is 0 Å². The van der Waals surface area contributed by atoms with E-state index in [9.17, 15) is 15.0 Å². The molecule has 7 heteroatoms. The van der Waals surface area contributed by atoms with Gasteiger partial charge in [-0.1, -0.05) is 11.6 Å². The Balaban J connectivity index is 2.21. The number of aliphatic carboxylic acids is 1. The van der Waals surface area contributed by atoms with Gasteiger partial charge in [-0.3, -0.25) is 4.79 Å².